The fourth-order valence-electron chi connectivity index (χ4n) is 1.60. The fourth-order valence-corrected chi connectivity index (χ4v) is 1.95. The second kappa shape index (κ2) is 6.33. The van der Waals surface area contributed by atoms with Crippen molar-refractivity contribution in [2.45, 2.75) is 6.92 Å². The van der Waals surface area contributed by atoms with E-state index >= 15 is 0 Å². The molecule has 0 aliphatic rings. The first-order valence-corrected chi connectivity index (χ1v) is 6.64. The Bertz CT molecular complexity index is 587. The molecule has 0 atom stereocenters. The van der Waals surface area contributed by atoms with E-state index in [0.29, 0.717) is 23.6 Å². The zero-order valence-corrected chi connectivity index (χ0v) is 12.0. The molecule has 2 rings (SSSR count). The number of pyridine rings is 1. The van der Waals surface area contributed by atoms with Crippen molar-refractivity contribution in [1.82, 2.24) is 4.98 Å². The molecule has 0 unspecified atom stereocenters. The molecule has 5 heteroatoms. The average Bonchev–Trinajstić information content (AvgIpc) is 2.42. The van der Waals surface area contributed by atoms with Crippen LogP contribution in [0.1, 0.15) is 17.3 Å². The van der Waals surface area contributed by atoms with Gasteiger partial charge in [-0.05, 0) is 41.1 Å². The Kier molecular flexibility index (Phi) is 4.52. The molecule has 2 aromatic rings. The van der Waals surface area contributed by atoms with Crippen molar-refractivity contribution in [2.75, 3.05) is 11.9 Å². The summed E-state index contributed by atoms with van der Waals surface area (Å²) in [7, 11) is 0. The van der Waals surface area contributed by atoms with Crippen LogP contribution in [0.4, 0.5) is 5.69 Å². The van der Waals surface area contributed by atoms with Crippen molar-refractivity contribution in [3.63, 3.8) is 0 Å². The first-order chi connectivity index (χ1) is 9.22. The number of ether oxygens (including phenoxy) is 1. The number of aromatic nitrogens is 1. The number of carbonyl (C=O) groups is 1. The molecule has 98 valence electrons. The number of halogens is 1. The molecular weight excluding hydrogens is 308 g/mol. The van der Waals surface area contributed by atoms with E-state index in [0.717, 1.165) is 4.47 Å². The van der Waals surface area contributed by atoms with Gasteiger partial charge < -0.3 is 10.1 Å². The summed E-state index contributed by atoms with van der Waals surface area (Å²) in [6, 6.07) is 8.88. The summed E-state index contributed by atoms with van der Waals surface area (Å²) in [6.45, 7) is 2.40. The Morgan fingerprint density at radius 2 is 2.16 bits per heavy atom. The van der Waals surface area contributed by atoms with Gasteiger partial charge in [0.1, 0.15) is 5.75 Å². The van der Waals surface area contributed by atoms with Crippen molar-refractivity contribution in [3.8, 4) is 5.75 Å². The van der Waals surface area contributed by atoms with Crippen LogP contribution in [0.15, 0.2) is 47.2 Å². The SMILES string of the molecule is CCOc1ccccc1C(=O)Nc1ccncc1Br. The molecule has 4 nitrogen and oxygen atoms in total. The van der Waals surface area contributed by atoms with Gasteiger partial charge in [0, 0.05) is 12.4 Å². The van der Waals surface area contributed by atoms with E-state index in [2.05, 4.69) is 26.2 Å². The number of rotatable bonds is 4. The van der Waals surface area contributed by atoms with Gasteiger partial charge in [0.15, 0.2) is 0 Å². The third kappa shape index (κ3) is 3.32. The van der Waals surface area contributed by atoms with Crippen LogP contribution in [0.25, 0.3) is 0 Å². The lowest BCUT2D eigenvalue weighted by Crippen LogP contribution is -2.14. The maximum Gasteiger partial charge on any atom is 0.259 e. The Morgan fingerprint density at radius 1 is 1.37 bits per heavy atom. The molecule has 0 bridgehead atoms. The van der Waals surface area contributed by atoms with Crippen LogP contribution in [0.2, 0.25) is 0 Å². The van der Waals surface area contributed by atoms with Crippen molar-refractivity contribution in [3.05, 3.63) is 52.8 Å². The van der Waals surface area contributed by atoms with E-state index < -0.39 is 0 Å². The molecule has 1 amide bonds. The molecule has 19 heavy (non-hydrogen) atoms. The maximum absolute atomic E-state index is 12.2. The van der Waals surface area contributed by atoms with Gasteiger partial charge in [-0.25, -0.2) is 0 Å². The highest BCUT2D eigenvalue weighted by atomic mass is 79.9. The van der Waals surface area contributed by atoms with Gasteiger partial charge in [-0.15, -0.1) is 0 Å². The van der Waals surface area contributed by atoms with E-state index in [1.54, 1.807) is 36.7 Å². The van der Waals surface area contributed by atoms with Gasteiger partial charge in [0.25, 0.3) is 5.91 Å². The second-order valence-electron chi connectivity index (χ2n) is 3.74. The molecule has 0 aliphatic carbocycles. The normalized spacial score (nSPS) is 10.0. The minimum Gasteiger partial charge on any atom is -0.493 e. The highest BCUT2D eigenvalue weighted by Crippen LogP contribution is 2.23. The molecule has 0 fully saturated rings. The molecule has 1 aromatic heterocycles. The van der Waals surface area contributed by atoms with Crippen LogP contribution >= 0.6 is 15.9 Å². The second-order valence-corrected chi connectivity index (χ2v) is 4.59. The summed E-state index contributed by atoms with van der Waals surface area (Å²) >= 11 is 3.34. The Labute approximate surface area is 119 Å². The highest BCUT2D eigenvalue weighted by Gasteiger charge is 2.13. The lowest BCUT2D eigenvalue weighted by molar-refractivity contribution is 0.102. The average molecular weight is 321 g/mol. The molecule has 0 radical (unpaired) electrons. The number of nitrogens with zero attached hydrogens (tertiary/aromatic N) is 1. The monoisotopic (exact) mass is 320 g/mol. The summed E-state index contributed by atoms with van der Waals surface area (Å²) in [5.74, 6) is 0.364. The van der Waals surface area contributed by atoms with E-state index in [1.807, 2.05) is 13.0 Å². The zero-order chi connectivity index (χ0) is 13.7. The number of para-hydroxylation sites is 1. The summed E-state index contributed by atoms with van der Waals surface area (Å²) in [4.78, 5) is 16.2. The van der Waals surface area contributed by atoms with Crippen molar-refractivity contribution < 1.29 is 9.53 Å². The first kappa shape index (κ1) is 13.5. The van der Waals surface area contributed by atoms with Gasteiger partial charge in [-0.1, -0.05) is 12.1 Å². The molecule has 1 heterocycles. The number of benzene rings is 1. The number of nitrogens with one attached hydrogen (secondary N) is 1. The topological polar surface area (TPSA) is 51.2 Å². The Balaban J connectivity index is 2.23. The minimum atomic E-state index is -0.212. The zero-order valence-electron chi connectivity index (χ0n) is 10.4. The molecule has 0 aliphatic heterocycles. The van der Waals surface area contributed by atoms with Gasteiger partial charge in [0.2, 0.25) is 0 Å². The lowest BCUT2D eigenvalue weighted by Gasteiger charge is -2.11. The van der Waals surface area contributed by atoms with Crippen LogP contribution in [0, 0.1) is 0 Å². The quantitative estimate of drug-likeness (QED) is 0.938. The third-order valence-electron chi connectivity index (χ3n) is 2.45. The molecule has 0 spiro atoms. The van der Waals surface area contributed by atoms with Crippen LogP contribution in [-0.2, 0) is 0 Å². The van der Waals surface area contributed by atoms with Crippen LogP contribution in [0.3, 0.4) is 0 Å². The summed E-state index contributed by atoms with van der Waals surface area (Å²) in [5, 5.41) is 2.82. The fraction of sp³-hybridized carbons (Fsp3) is 0.143. The first-order valence-electron chi connectivity index (χ1n) is 5.85. The molecule has 1 N–H and O–H groups in total. The van der Waals surface area contributed by atoms with Crippen LogP contribution < -0.4 is 10.1 Å². The van der Waals surface area contributed by atoms with Crippen LogP contribution in [-0.4, -0.2) is 17.5 Å². The number of anilines is 1. The summed E-state index contributed by atoms with van der Waals surface area (Å²) < 4.78 is 6.17. The van der Waals surface area contributed by atoms with Crippen molar-refractivity contribution in [2.24, 2.45) is 0 Å². The predicted octanol–water partition coefficient (Wildman–Crippen LogP) is 3.50. The minimum absolute atomic E-state index is 0.212. The smallest absolute Gasteiger partial charge is 0.259 e. The van der Waals surface area contributed by atoms with Crippen molar-refractivity contribution >= 4 is 27.5 Å². The standard InChI is InChI=1S/C14H13BrN2O2/c1-2-19-13-6-4-3-5-10(13)14(18)17-12-7-8-16-9-11(12)15/h3-9H,2H2,1H3,(H,16,17,18). The number of amides is 1. The summed E-state index contributed by atoms with van der Waals surface area (Å²) in [5.41, 5.74) is 1.18. The number of hydrogen-bond donors (Lipinski definition) is 1. The summed E-state index contributed by atoms with van der Waals surface area (Å²) in [6.07, 6.45) is 3.25. The molecular formula is C14H13BrN2O2. The van der Waals surface area contributed by atoms with Gasteiger partial charge in [-0.3, -0.25) is 9.78 Å². The number of carbonyl (C=O) groups excluding carboxylic acids is 1. The van der Waals surface area contributed by atoms with Gasteiger partial charge in [0.05, 0.1) is 22.3 Å². The molecule has 0 saturated heterocycles. The van der Waals surface area contributed by atoms with E-state index in [-0.39, 0.29) is 5.91 Å². The predicted molar refractivity (Wildman–Crippen MR) is 77.5 cm³/mol. The molecule has 0 saturated carbocycles. The maximum atomic E-state index is 12.2. The highest BCUT2D eigenvalue weighted by molar-refractivity contribution is 9.10. The largest absolute Gasteiger partial charge is 0.493 e. The van der Waals surface area contributed by atoms with E-state index in [4.69, 9.17) is 4.74 Å². The number of hydrogen-bond acceptors (Lipinski definition) is 3. The van der Waals surface area contributed by atoms with E-state index in [1.165, 1.54) is 0 Å². The third-order valence-corrected chi connectivity index (χ3v) is 3.08. The Morgan fingerprint density at radius 3 is 2.89 bits per heavy atom. The van der Waals surface area contributed by atoms with E-state index in [9.17, 15) is 4.79 Å². The molecule has 1 aromatic carbocycles. The van der Waals surface area contributed by atoms with Gasteiger partial charge in [-0.2, -0.15) is 0 Å². The van der Waals surface area contributed by atoms with Crippen LogP contribution in [0.5, 0.6) is 5.75 Å². The lowest BCUT2D eigenvalue weighted by atomic mass is 10.2. The van der Waals surface area contributed by atoms with Gasteiger partial charge >= 0.3 is 0 Å². The Hall–Kier alpha value is -1.88. The van der Waals surface area contributed by atoms with Crippen molar-refractivity contribution in [1.29, 1.82) is 0 Å².